The second-order valence-electron chi connectivity index (χ2n) is 5.20. The summed E-state index contributed by atoms with van der Waals surface area (Å²) < 4.78 is 6.88. The number of tetrazole rings is 1. The first-order valence-electron chi connectivity index (χ1n) is 6.78. The summed E-state index contributed by atoms with van der Waals surface area (Å²) in [4.78, 5) is 11.8. The van der Waals surface area contributed by atoms with E-state index in [1.165, 1.54) is 11.8 Å². The molecule has 0 saturated carbocycles. The van der Waals surface area contributed by atoms with E-state index in [9.17, 15) is 4.79 Å². The Morgan fingerprint density at radius 3 is 2.67 bits per heavy atom. The SMILES string of the molecule is Cc1cccc(C)c1-n1nnnc1SC1CC(C)OC1=O. The average molecular weight is 304 g/mol. The molecule has 2 aromatic rings. The molecule has 0 N–H and O–H groups in total. The zero-order valence-electron chi connectivity index (χ0n) is 12.1. The lowest BCUT2D eigenvalue weighted by atomic mass is 10.1. The van der Waals surface area contributed by atoms with Gasteiger partial charge in [-0.1, -0.05) is 30.0 Å². The molecule has 3 rings (SSSR count). The molecule has 2 unspecified atom stereocenters. The molecule has 0 amide bonds. The minimum absolute atomic E-state index is 0.0421. The van der Waals surface area contributed by atoms with Crippen LogP contribution in [0.1, 0.15) is 24.5 Å². The van der Waals surface area contributed by atoms with Gasteiger partial charge in [-0.3, -0.25) is 4.79 Å². The highest BCUT2D eigenvalue weighted by Crippen LogP contribution is 2.32. The predicted octanol–water partition coefficient (Wildman–Crippen LogP) is 2.08. The molecule has 1 aromatic carbocycles. The van der Waals surface area contributed by atoms with Crippen molar-refractivity contribution in [3.63, 3.8) is 0 Å². The number of cyclic esters (lactones) is 1. The third-order valence-corrected chi connectivity index (χ3v) is 4.60. The quantitative estimate of drug-likeness (QED) is 0.809. The van der Waals surface area contributed by atoms with Crippen LogP contribution in [0.5, 0.6) is 0 Å². The van der Waals surface area contributed by atoms with Crippen LogP contribution >= 0.6 is 11.8 Å². The van der Waals surface area contributed by atoms with Crippen LogP contribution < -0.4 is 0 Å². The Hall–Kier alpha value is -1.89. The minimum atomic E-state index is -0.242. The van der Waals surface area contributed by atoms with Crippen molar-refractivity contribution in [3.05, 3.63) is 29.3 Å². The van der Waals surface area contributed by atoms with E-state index < -0.39 is 0 Å². The molecule has 1 fully saturated rings. The van der Waals surface area contributed by atoms with Gasteiger partial charge in [0.05, 0.1) is 5.69 Å². The topological polar surface area (TPSA) is 69.9 Å². The third-order valence-electron chi connectivity index (χ3n) is 3.47. The van der Waals surface area contributed by atoms with Gasteiger partial charge in [0.25, 0.3) is 0 Å². The molecule has 0 radical (unpaired) electrons. The van der Waals surface area contributed by atoms with Gasteiger partial charge < -0.3 is 4.74 Å². The number of aromatic nitrogens is 4. The Morgan fingerprint density at radius 2 is 2.05 bits per heavy atom. The van der Waals surface area contributed by atoms with E-state index >= 15 is 0 Å². The van der Waals surface area contributed by atoms with Gasteiger partial charge in [0.2, 0.25) is 5.16 Å². The maximum atomic E-state index is 11.8. The summed E-state index contributed by atoms with van der Waals surface area (Å²) in [7, 11) is 0. The lowest BCUT2D eigenvalue weighted by molar-refractivity contribution is -0.140. The fourth-order valence-electron chi connectivity index (χ4n) is 2.48. The zero-order chi connectivity index (χ0) is 15.0. The van der Waals surface area contributed by atoms with Crippen molar-refractivity contribution in [1.82, 2.24) is 20.2 Å². The molecule has 21 heavy (non-hydrogen) atoms. The van der Waals surface area contributed by atoms with Crippen LogP contribution in [0.2, 0.25) is 0 Å². The van der Waals surface area contributed by atoms with Gasteiger partial charge in [-0.2, -0.15) is 4.68 Å². The van der Waals surface area contributed by atoms with Crippen LogP contribution in [0.4, 0.5) is 0 Å². The van der Waals surface area contributed by atoms with E-state index in [1.54, 1.807) is 4.68 Å². The first-order valence-corrected chi connectivity index (χ1v) is 7.66. The van der Waals surface area contributed by atoms with Gasteiger partial charge >= 0.3 is 5.97 Å². The van der Waals surface area contributed by atoms with E-state index in [-0.39, 0.29) is 17.3 Å². The van der Waals surface area contributed by atoms with E-state index in [1.807, 2.05) is 39.0 Å². The number of ether oxygens (including phenoxy) is 1. The third kappa shape index (κ3) is 2.65. The highest BCUT2D eigenvalue weighted by molar-refractivity contribution is 8.00. The molecule has 2 atom stereocenters. The second kappa shape index (κ2) is 5.48. The summed E-state index contributed by atoms with van der Waals surface area (Å²) in [6.45, 7) is 5.93. The van der Waals surface area contributed by atoms with E-state index in [2.05, 4.69) is 15.5 Å². The number of aryl methyl sites for hydroxylation is 2. The van der Waals surface area contributed by atoms with E-state index in [4.69, 9.17) is 4.74 Å². The summed E-state index contributed by atoms with van der Waals surface area (Å²) in [5.74, 6) is -0.191. The Kier molecular flexibility index (Phi) is 3.67. The fourth-order valence-corrected chi connectivity index (χ4v) is 3.56. The van der Waals surface area contributed by atoms with Crippen LogP contribution in [0.3, 0.4) is 0 Å². The van der Waals surface area contributed by atoms with Crippen molar-refractivity contribution in [2.24, 2.45) is 0 Å². The Bertz CT molecular complexity index is 665. The van der Waals surface area contributed by atoms with E-state index in [0.29, 0.717) is 11.6 Å². The summed E-state index contributed by atoms with van der Waals surface area (Å²) in [6.07, 6.45) is 0.642. The van der Waals surface area contributed by atoms with Crippen LogP contribution in [0.15, 0.2) is 23.4 Å². The van der Waals surface area contributed by atoms with Gasteiger partial charge in [0.15, 0.2) is 0 Å². The monoisotopic (exact) mass is 304 g/mol. The number of esters is 1. The molecule has 0 spiro atoms. The lowest BCUT2D eigenvalue weighted by Crippen LogP contribution is -2.12. The van der Waals surface area contributed by atoms with Gasteiger partial charge in [-0.25, -0.2) is 0 Å². The molecule has 2 heterocycles. The van der Waals surface area contributed by atoms with Crippen LogP contribution in [0, 0.1) is 13.8 Å². The number of carbonyl (C=O) groups is 1. The number of para-hydroxylation sites is 1. The molecule has 1 aromatic heterocycles. The average Bonchev–Trinajstić information content (AvgIpc) is 2.98. The maximum absolute atomic E-state index is 11.8. The number of hydrogen-bond donors (Lipinski definition) is 0. The summed E-state index contributed by atoms with van der Waals surface area (Å²) in [5, 5.41) is 12.3. The smallest absolute Gasteiger partial charge is 0.319 e. The van der Waals surface area contributed by atoms with Crippen molar-refractivity contribution < 1.29 is 9.53 Å². The van der Waals surface area contributed by atoms with Crippen LogP contribution in [-0.4, -0.2) is 37.5 Å². The highest BCUT2D eigenvalue weighted by Gasteiger charge is 2.34. The number of thioether (sulfide) groups is 1. The van der Waals surface area contributed by atoms with Gasteiger partial charge in [0, 0.05) is 6.42 Å². The number of benzene rings is 1. The van der Waals surface area contributed by atoms with Gasteiger partial charge in [-0.15, -0.1) is 5.10 Å². The van der Waals surface area contributed by atoms with Crippen molar-refractivity contribution in [3.8, 4) is 5.69 Å². The first kappa shape index (κ1) is 14.1. The van der Waals surface area contributed by atoms with E-state index in [0.717, 1.165) is 16.8 Å². The first-order chi connectivity index (χ1) is 10.1. The molecular formula is C14H16N4O2S. The molecule has 7 heteroatoms. The largest absolute Gasteiger partial charge is 0.462 e. The Labute approximate surface area is 126 Å². The van der Waals surface area contributed by atoms with Crippen molar-refractivity contribution in [1.29, 1.82) is 0 Å². The molecular weight excluding hydrogens is 288 g/mol. The fraction of sp³-hybridized carbons (Fsp3) is 0.429. The molecule has 1 saturated heterocycles. The zero-order valence-corrected chi connectivity index (χ0v) is 12.9. The Morgan fingerprint density at radius 1 is 1.33 bits per heavy atom. The molecule has 0 aliphatic carbocycles. The van der Waals surface area contributed by atoms with Crippen molar-refractivity contribution >= 4 is 17.7 Å². The molecule has 1 aliphatic rings. The molecule has 110 valence electrons. The number of carbonyl (C=O) groups excluding carboxylic acids is 1. The molecule has 0 bridgehead atoms. The molecule has 6 nitrogen and oxygen atoms in total. The normalized spacial score (nSPS) is 21.6. The molecule has 1 aliphatic heterocycles. The second-order valence-corrected chi connectivity index (χ2v) is 6.37. The van der Waals surface area contributed by atoms with Gasteiger partial charge in [-0.05, 0) is 42.3 Å². The number of hydrogen-bond acceptors (Lipinski definition) is 6. The van der Waals surface area contributed by atoms with Crippen molar-refractivity contribution in [2.75, 3.05) is 0 Å². The van der Waals surface area contributed by atoms with Crippen LogP contribution in [-0.2, 0) is 9.53 Å². The minimum Gasteiger partial charge on any atom is -0.462 e. The number of rotatable bonds is 3. The summed E-state index contributed by atoms with van der Waals surface area (Å²) >= 11 is 1.36. The van der Waals surface area contributed by atoms with Crippen molar-refractivity contribution in [2.45, 2.75) is 43.7 Å². The number of nitrogens with zero attached hydrogens (tertiary/aromatic N) is 4. The standard InChI is InChI=1S/C14H16N4O2S/c1-8-5-4-6-9(2)12(8)18-14(15-16-17-18)21-11-7-10(3)20-13(11)19/h4-6,10-11H,7H2,1-3H3. The highest BCUT2D eigenvalue weighted by atomic mass is 32.2. The maximum Gasteiger partial charge on any atom is 0.319 e. The summed E-state index contributed by atoms with van der Waals surface area (Å²) in [6, 6.07) is 6.04. The van der Waals surface area contributed by atoms with Crippen LogP contribution in [0.25, 0.3) is 5.69 Å². The summed E-state index contributed by atoms with van der Waals surface area (Å²) in [5.41, 5.74) is 3.14. The lowest BCUT2D eigenvalue weighted by Gasteiger charge is -2.11. The van der Waals surface area contributed by atoms with Gasteiger partial charge in [0.1, 0.15) is 11.4 Å². The predicted molar refractivity (Wildman–Crippen MR) is 78.4 cm³/mol. The Balaban J connectivity index is 1.93.